The summed E-state index contributed by atoms with van der Waals surface area (Å²) in [6, 6.07) is 12.4. The molecule has 0 spiro atoms. The molecule has 5 heteroatoms. The molecule has 2 aromatic rings. The van der Waals surface area contributed by atoms with Crippen LogP contribution in [0.5, 0.6) is 5.75 Å². The Balaban J connectivity index is 1.95. The first kappa shape index (κ1) is 21.8. The second kappa shape index (κ2) is 10.2. The van der Waals surface area contributed by atoms with Crippen molar-refractivity contribution < 1.29 is 9.53 Å². The molecule has 0 aliphatic heterocycles. The lowest BCUT2D eigenvalue weighted by Crippen LogP contribution is -2.28. The van der Waals surface area contributed by atoms with Gasteiger partial charge in [-0.25, -0.2) is 0 Å². The molecule has 0 saturated carbocycles. The summed E-state index contributed by atoms with van der Waals surface area (Å²) in [7, 11) is 1.70. The van der Waals surface area contributed by atoms with Gasteiger partial charge in [-0.05, 0) is 66.3 Å². The monoisotopic (exact) mass is 449 g/mol. The number of hydrogen-bond donors (Lipinski definition) is 1. The van der Waals surface area contributed by atoms with Crippen LogP contribution in [0.3, 0.4) is 0 Å². The number of thioether (sulfide) groups is 1. The minimum absolute atomic E-state index is 0.0332. The van der Waals surface area contributed by atoms with Crippen LogP contribution in [0.4, 0.5) is 0 Å². The summed E-state index contributed by atoms with van der Waals surface area (Å²) in [6.45, 7) is 8.40. The Morgan fingerprint density at radius 1 is 1.15 bits per heavy atom. The molecule has 0 heterocycles. The molecule has 3 nitrogen and oxygen atoms in total. The zero-order valence-corrected chi connectivity index (χ0v) is 19.0. The van der Waals surface area contributed by atoms with Crippen molar-refractivity contribution in [1.29, 1.82) is 0 Å². The standard InChI is InChI=1S/C22H28BrNO2S/c1-14(2)19-11-20(15(3)10-21(19)26-5)16(4)24-22(25)13-27-12-17-6-8-18(23)9-7-17/h6-11,14,16H,12-13H2,1-5H3,(H,24,25)/t16-/m1/s1. The van der Waals surface area contributed by atoms with E-state index in [0.717, 1.165) is 27.1 Å². The first-order valence-corrected chi connectivity index (χ1v) is 11.1. The van der Waals surface area contributed by atoms with Crippen LogP contribution in [0.1, 0.15) is 55.0 Å². The van der Waals surface area contributed by atoms with E-state index in [1.165, 1.54) is 11.1 Å². The van der Waals surface area contributed by atoms with Crippen molar-refractivity contribution in [2.24, 2.45) is 0 Å². The number of ether oxygens (including phenoxy) is 1. The maximum absolute atomic E-state index is 12.4. The van der Waals surface area contributed by atoms with Gasteiger partial charge in [0.15, 0.2) is 0 Å². The van der Waals surface area contributed by atoms with Gasteiger partial charge in [0.05, 0.1) is 18.9 Å². The molecule has 0 aliphatic carbocycles. The van der Waals surface area contributed by atoms with Crippen LogP contribution in [-0.2, 0) is 10.5 Å². The Labute approximate surface area is 175 Å². The largest absolute Gasteiger partial charge is 0.496 e. The van der Waals surface area contributed by atoms with Gasteiger partial charge in [0.25, 0.3) is 0 Å². The van der Waals surface area contributed by atoms with E-state index in [9.17, 15) is 4.79 Å². The molecule has 0 bridgehead atoms. The number of halogens is 1. The van der Waals surface area contributed by atoms with Gasteiger partial charge in [0, 0.05) is 10.2 Å². The molecule has 146 valence electrons. The molecular weight excluding hydrogens is 422 g/mol. The van der Waals surface area contributed by atoms with Gasteiger partial charge < -0.3 is 10.1 Å². The highest BCUT2D eigenvalue weighted by atomic mass is 79.9. The topological polar surface area (TPSA) is 38.3 Å². The van der Waals surface area contributed by atoms with E-state index in [4.69, 9.17) is 4.74 Å². The Kier molecular flexibility index (Phi) is 8.24. The van der Waals surface area contributed by atoms with Crippen LogP contribution in [0.2, 0.25) is 0 Å². The van der Waals surface area contributed by atoms with Crippen molar-refractivity contribution in [3.8, 4) is 5.75 Å². The molecule has 0 fully saturated rings. The fraction of sp³-hybridized carbons (Fsp3) is 0.409. The molecule has 0 aliphatic rings. The third-order valence-corrected chi connectivity index (χ3v) is 6.03. The SMILES string of the molecule is COc1cc(C)c([C@@H](C)NC(=O)CSCc2ccc(Br)cc2)cc1C(C)C. The van der Waals surface area contributed by atoms with Crippen LogP contribution in [0.15, 0.2) is 40.9 Å². The molecule has 0 aromatic heterocycles. The van der Waals surface area contributed by atoms with Crippen molar-refractivity contribution in [2.45, 2.75) is 45.4 Å². The zero-order valence-electron chi connectivity index (χ0n) is 16.6. The average molecular weight is 450 g/mol. The van der Waals surface area contributed by atoms with E-state index < -0.39 is 0 Å². The summed E-state index contributed by atoms with van der Waals surface area (Å²) in [5, 5.41) is 3.13. The molecule has 2 rings (SSSR count). The molecule has 1 atom stereocenters. The first-order chi connectivity index (χ1) is 12.8. The Morgan fingerprint density at radius 3 is 2.41 bits per heavy atom. The van der Waals surface area contributed by atoms with Crippen LogP contribution >= 0.6 is 27.7 Å². The number of amides is 1. The summed E-state index contributed by atoms with van der Waals surface area (Å²) in [6.07, 6.45) is 0. The molecule has 0 radical (unpaired) electrons. The third kappa shape index (κ3) is 6.28. The predicted molar refractivity (Wildman–Crippen MR) is 119 cm³/mol. The average Bonchev–Trinajstić information content (AvgIpc) is 2.62. The number of methoxy groups -OCH3 is 1. The summed E-state index contributed by atoms with van der Waals surface area (Å²) < 4.78 is 6.58. The van der Waals surface area contributed by atoms with Gasteiger partial charge >= 0.3 is 0 Å². The van der Waals surface area contributed by atoms with Gasteiger partial charge in [0.1, 0.15) is 5.75 Å². The van der Waals surface area contributed by atoms with Gasteiger partial charge in [0.2, 0.25) is 5.91 Å². The zero-order chi connectivity index (χ0) is 20.0. The molecule has 27 heavy (non-hydrogen) atoms. The third-order valence-electron chi connectivity index (χ3n) is 4.50. The first-order valence-electron chi connectivity index (χ1n) is 9.11. The lowest BCUT2D eigenvalue weighted by atomic mass is 9.93. The van der Waals surface area contributed by atoms with E-state index in [1.54, 1.807) is 18.9 Å². The number of aryl methyl sites for hydroxylation is 1. The van der Waals surface area contributed by atoms with Gasteiger partial charge in [-0.3, -0.25) is 4.79 Å². The van der Waals surface area contributed by atoms with Gasteiger partial charge in [-0.15, -0.1) is 11.8 Å². The van der Waals surface area contributed by atoms with Crippen LogP contribution in [0.25, 0.3) is 0 Å². The van der Waals surface area contributed by atoms with E-state index in [1.807, 2.05) is 19.1 Å². The normalized spacial score (nSPS) is 12.1. The van der Waals surface area contributed by atoms with Crippen molar-refractivity contribution in [3.05, 3.63) is 63.1 Å². The summed E-state index contributed by atoms with van der Waals surface area (Å²) >= 11 is 5.06. The second-order valence-electron chi connectivity index (χ2n) is 7.01. The maximum Gasteiger partial charge on any atom is 0.230 e. The summed E-state index contributed by atoms with van der Waals surface area (Å²) in [4.78, 5) is 12.4. The highest BCUT2D eigenvalue weighted by molar-refractivity contribution is 9.10. The highest BCUT2D eigenvalue weighted by Gasteiger charge is 2.16. The maximum atomic E-state index is 12.4. The number of nitrogens with one attached hydrogen (secondary N) is 1. The summed E-state index contributed by atoms with van der Waals surface area (Å²) in [5.41, 5.74) is 4.66. The molecule has 2 aromatic carbocycles. The van der Waals surface area contributed by atoms with Gasteiger partial charge in [-0.2, -0.15) is 0 Å². The smallest absolute Gasteiger partial charge is 0.230 e. The van der Waals surface area contributed by atoms with Crippen molar-refractivity contribution in [3.63, 3.8) is 0 Å². The number of hydrogen-bond acceptors (Lipinski definition) is 3. The van der Waals surface area contributed by atoms with Crippen LogP contribution < -0.4 is 10.1 Å². The van der Waals surface area contributed by atoms with Gasteiger partial charge in [-0.1, -0.05) is 41.9 Å². The van der Waals surface area contributed by atoms with E-state index in [-0.39, 0.29) is 11.9 Å². The van der Waals surface area contributed by atoms with E-state index in [0.29, 0.717) is 11.7 Å². The fourth-order valence-electron chi connectivity index (χ4n) is 3.01. The Bertz CT molecular complexity index is 775. The van der Waals surface area contributed by atoms with E-state index >= 15 is 0 Å². The number of benzene rings is 2. The van der Waals surface area contributed by atoms with Crippen molar-refractivity contribution in [2.75, 3.05) is 12.9 Å². The number of rotatable bonds is 8. The van der Waals surface area contributed by atoms with Crippen LogP contribution in [-0.4, -0.2) is 18.8 Å². The molecule has 0 unspecified atom stereocenters. The van der Waals surface area contributed by atoms with E-state index in [2.05, 4.69) is 66.3 Å². The highest BCUT2D eigenvalue weighted by Crippen LogP contribution is 2.32. The Hall–Kier alpha value is -1.46. The Morgan fingerprint density at radius 2 is 1.81 bits per heavy atom. The minimum atomic E-state index is -0.0332. The lowest BCUT2D eigenvalue weighted by Gasteiger charge is -2.21. The summed E-state index contributed by atoms with van der Waals surface area (Å²) in [5.74, 6) is 2.62. The minimum Gasteiger partial charge on any atom is -0.496 e. The predicted octanol–water partition coefficient (Wildman–Crippen LogP) is 6.00. The van der Waals surface area contributed by atoms with Crippen molar-refractivity contribution in [1.82, 2.24) is 5.32 Å². The molecular formula is C22H28BrNO2S. The molecule has 1 amide bonds. The van der Waals surface area contributed by atoms with Crippen LogP contribution in [0, 0.1) is 6.92 Å². The fourth-order valence-corrected chi connectivity index (χ4v) is 4.08. The number of carbonyl (C=O) groups is 1. The quantitative estimate of drug-likeness (QED) is 0.536. The molecule has 1 N–H and O–H groups in total. The second-order valence-corrected chi connectivity index (χ2v) is 8.92. The molecule has 0 saturated heterocycles. The number of carbonyl (C=O) groups excluding carboxylic acids is 1. The van der Waals surface area contributed by atoms with Crippen molar-refractivity contribution >= 4 is 33.6 Å². The lowest BCUT2D eigenvalue weighted by molar-refractivity contribution is -0.119.